The molecule has 1 atom stereocenters. The van der Waals surface area contributed by atoms with Crippen LogP contribution in [0.25, 0.3) is 0 Å². The molecule has 252 valence electrons. The summed E-state index contributed by atoms with van der Waals surface area (Å²) in [5.41, 5.74) is 4.67. The first-order chi connectivity index (χ1) is 22.9. The molecule has 0 saturated heterocycles. The molecule has 0 unspecified atom stereocenters. The number of rotatable bonds is 12. The number of sulfonamides is 1. The second-order valence-electron chi connectivity index (χ2n) is 12.6. The van der Waals surface area contributed by atoms with E-state index in [1.807, 2.05) is 57.2 Å². The van der Waals surface area contributed by atoms with Gasteiger partial charge in [0.15, 0.2) is 0 Å². The second-order valence-corrected chi connectivity index (χ2v) is 15.2. The van der Waals surface area contributed by atoms with Crippen molar-refractivity contribution in [2.45, 2.75) is 76.4 Å². The van der Waals surface area contributed by atoms with Gasteiger partial charge in [-0.25, -0.2) is 8.42 Å². The lowest BCUT2D eigenvalue weighted by Crippen LogP contribution is -2.54. The average Bonchev–Trinajstić information content (AvgIpc) is 3.58. The summed E-state index contributed by atoms with van der Waals surface area (Å²) in [5.74, 6) is -0.809. The van der Waals surface area contributed by atoms with Gasteiger partial charge in [-0.2, -0.15) is 0 Å². The van der Waals surface area contributed by atoms with Crippen molar-refractivity contribution in [3.05, 3.63) is 129 Å². The molecule has 1 fully saturated rings. The van der Waals surface area contributed by atoms with Crippen LogP contribution in [-0.4, -0.2) is 43.8 Å². The number of carbonyl (C=O) groups excluding carboxylic acids is 2. The molecule has 0 aliphatic heterocycles. The van der Waals surface area contributed by atoms with Crippen molar-refractivity contribution in [1.82, 2.24) is 10.2 Å². The monoisotopic (exact) mass is 705 g/mol. The highest BCUT2D eigenvalue weighted by Gasteiger charge is 2.35. The zero-order chi connectivity index (χ0) is 34.4. The molecular weight excluding hydrogens is 665 g/mol. The van der Waals surface area contributed by atoms with E-state index in [0.717, 1.165) is 52.2 Å². The summed E-state index contributed by atoms with van der Waals surface area (Å²) in [6.45, 7) is 5.21. The van der Waals surface area contributed by atoms with Gasteiger partial charge in [0.05, 0.1) is 20.6 Å². The Bertz CT molecular complexity index is 1860. The van der Waals surface area contributed by atoms with Gasteiger partial charge in [0.25, 0.3) is 10.0 Å². The Morgan fingerprint density at radius 3 is 2.15 bits per heavy atom. The first-order valence-electron chi connectivity index (χ1n) is 16.2. The molecule has 4 aromatic carbocycles. The predicted octanol–water partition coefficient (Wildman–Crippen LogP) is 7.81. The van der Waals surface area contributed by atoms with Gasteiger partial charge < -0.3 is 10.2 Å². The van der Waals surface area contributed by atoms with Crippen LogP contribution < -0.4 is 9.62 Å². The third kappa shape index (κ3) is 8.59. The smallest absolute Gasteiger partial charge is 0.264 e. The van der Waals surface area contributed by atoms with Gasteiger partial charge in [0.2, 0.25) is 11.8 Å². The van der Waals surface area contributed by atoms with Gasteiger partial charge in [-0.15, -0.1) is 0 Å². The molecule has 7 nitrogen and oxygen atoms in total. The summed E-state index contributed by atoms with van der Waals surface area (Å²) in [6, 6.07) is 25.5. The van der Waals surface area contributed by atoms with Crippen LogP contribution in [0.15, 0.2) is 95.9 Å². The van der Waals surface area contributed by atoms with E-state index < -0.39 is 28.5 Å². The molecule has 1 saturated carbocycles. The molecule has 10 heteroatoms. The number of nitrogens with one attached hydrogen (secondary N) is 1. The number of anilines is 1. The highest BCUT2D eigenvalue weighted by atomic mass is 35.5. The van der Waals surface area contributed by atoms with Crippen molar-refractivity contribution in [3.8, 4) is 0 Å². The minimum absolute atomic E-state index is 0.0106. The fraction of sp³-hybridized carbons (Fsp3) is 0.316. The highest BCUT2D eigenvalue weighted by molar-refractivity contribution is 7.92. The molecule has 0 radical (unpaired) electrons. The third-order valence-corrected chi connectivity index (χ3v) is 11.5. The van der Waals surface area contributed by atoms with Crippen LogP contribution in [0.5, 0.6) is 0 Å². The van der Waals surface area contributed by atoms with Crippen LogP contribution in [0, 0.1) is 20.8 Å². The van der Waals surface area contributed by atoms with Crippen LogP contribution in [0.1, 0.15) is 53.5 Å². The minimum Gasteiger partial charge on any atom is -0.352 e. The Balaban J connectivity index is 1.59. The summed E-state index contributed by atoms with van der Waals surface area (Å²) in [6.07, 6.45) is 4.05. The number of carbonyl (C=O) groups is 2. The van der Waals surface area contributed by atoms with Gasteiger partial charge in [0.1, 0.15) is 12.6 Å². The van der Waals surface area contributed by atoms with E-state index in [9.17, 15) is 18.0 Å². The highest BCUT2D eigenvalue weighted by Crippen LogP contribution is 2.29. The number of benzene rings is 4. The lowest BCUT2D eigenvalue weighted by Gasteiger charge is -2.34. The van der Waals surface area contributed by atoms with Crippen molar-refractivity contribution >= 4 is 50.7 Å². The molecule has 2 amide bonds. The van der Waals surface area contributed by atoms with E-state index in [-0.39, 0.29) is 29.8 Å². The van der Waals surface area contributed by atoms with Gasteiger partial charge in [0, 0.05) is 19.0 Å². The van der Waals surface area contributed by atoms with Crippen molar-refractivity contribution in [3.63, 3.8) is 0 Å². The van der Waals surface area contributed by atoms with E-state index in [4.69, 9.17) is 23.2 Å². The first kappa shape index (κ1) is 35.5. The largest absolute Gasteiger partial charge is 0.352 e. The second kappa shape index (κ2) is 15.6. The maximum atomic E-state index is 14.7. The minimum atomic E-state index is -4.19. The van der Waals surface area contributed by atoms with Gasteiger partial charge in [-0.1, -0.05) is 96.2 Å². The maximum absolute atomic E-state index is 14.7. The molecule has 0 spiro atoms. The lowest BCUT2D eigenvalue weighted by molar-refractivity contribution is -0.140. The number of amides is 2. The number of aryl methyl sites for hydroxylation is 3. The molecular formula is C38H41Cl2N3O4S. The molecule has 0 bridgehead atoms. The van der Waals surface area contributed by atoms with E-state index in [1.54, 1.807) is 54.6 Å². The number of halogens is 2. The summed E-state index contributed by atoms with van der Waals surface area (Å²) in [4.78, 5) is 30.4. The molecule has 1 aliphatic carbocycles. The molecule has 1 N–H and O–H groups in total. The van der Waals surface area contributed by atoms with Gasteiger partial charge in [-0.3, -0.25) is 13.9 Å². The number of hydrogen-bond donors (Lipinski definition) is 1. The van der Waals surface area contributed by atoms with Gasteiger partial charge in [-0.05, 0) is 92.3 Å². The van der Waals surface area contributed by atoms with E-state index in [1.165, 1.54) is 4.90 Å². The molecule has 48 heavy (non-hydrogen) atoms. The van der Waals surface area contributed by atoms with Gasteiger partial charge >= 0.3 is 0 Å². The van der Waals surface area contributed by atoms with E-state index in [0.29, 0.717) is 21.3 Å². The quantitative estimate of drug-likeness (QED) is 0.163. The lowest BCUT2D eigenvalue weighted by atomic mass is 10.0. The fourth-order valence-corrected chi connectivity index (χ4v) is 7.73. The SMILES string of the molecule is Cc1ccc(S(=O)(=O)N(CC(=O)N(Cc2ccc(Cl)c(Cl)c2)[C@@H](Cc2ccccc2)C(=O)NC2CCCC2)c2ccc(C)c(C)c2)cc1. The van der Waals surface area contributed by atoms with E-state index >= 15 is 0 Å². The maximum Gasteiger partial charge on any atom is 0.264 e. The Hall–Kier alpha value is -3.85. The molecule has 1 aliphatic rings. The van der Waals surface area contributed by atoms with E-state index in [2.05, 4.69) is 5.32 Å². The Morgan fingerprint density at radius 1 is 0.812 bits per heavy atom. The zero-order valence-electron chi connectivity index (χ0n) is 27.5. The molecule has 5 rings (SSSR count). The first-order valence-corrected chi connectivity index (χ1v) is 18.4. The summed E-state index contributed by atoms with van der Waals surface area (Å²) in [5, 5.41) is 3.87. The molecule has 4 aromatic rings. The fourth-order valence-electron chi connectivity index (χ4n) is 6.00. The van der Waals surface area contributed by atoms with Crippen LogP contribution in [0.3, 0.4) is 0 Å². The summed E-state index contributed by atoms with van der Waals surface area (Å²) < 4.78 is 29.8. The Morgan fingerprint density at radius 2 is 1.50 bits per heavy atom. The number of hydrogen-bond acceptors (Lipinski definition) is 4. The Kier molecular flexibility index (Phi) is 11.5. The van der Waals surface area contributed by atoms with Crippen molar-refractivity contribution in [2.75, 3.05) is 10.8 Å². The Labute approximate surface area is 293 Å². The number of nitrogens with zero attached hydrogens (tertiary/aromatic N) is 2. The standard InChI is InChI=1S/C38H41Cl2N3O4S/c1-26-13-18-33(19-14-26)48(46,47)43(32-17-15-27(2)28(3)21-32)25-37(44)42(24-30-16-20-34(39)35(40)22-30)36(23-29-9-5-4-6-10-29)38(45)41-31-11-7-8-12-31/h4-6,9-10,13-22,31,36H,7-8,11-12,23-25H2,1-3H3,(H,41,45)/t36-/m0/s1. The summed E-state index contributed by atoms with van der Waals surface area (Å²) >= 11 is 12.6. The summed E-state index contributed by atoms with van der Waals surface area (Å²) in [7, 11) is -4.19. The van der Waals surface area contributed by atoms with Crippen LogP contribution >= 0.6 is 23.2 Å². The van der Waals surface area contributed by atoms with Crippen molar-refractivity contribution < 1.29 is 18.0 Å². The van der Waals surface area contributed by atoms with Crippen LogP contribution in [0.2, 0.25) is 10.0 Å². The van der Waals surface area contributed by atoms with Crippen LogP contribution in [0.4, 0.5) is 5.69 Å². The predicted molar refractivity (Wildman–Crippen MR) is 193 cm³/mol. The zero-order valence-corrected chi connectivity index (χ0v) is 29.8. The van der Waals surface area contributed by atoms with Crippen LogP contribution in [-0.2, 0) is 32.6 Å². The normalized spacial score (nSPS) is 14.0. The molecule has 0 heterocycles. The van der Waals surface area contributed by atoms with Crippen molar-refractivity contribution in [1.29, 1.82) is 0 Å². The van der Waals surface area contributed by atoms with Crippen molar-refractivity contribution in [2.24, 2.45) is 0 Å². The topological polar surface area (TPSA) is 86.8 Å². The third-order valence-electron chi connectivity index (χ3n) is 8.98. The molecule has 0 aromatic heterocycles. The average molecular weight is 707 g/mol.